The third-order valence-electron chi connectivity index (χ3n) is 2.08. The Kier molecular flexibility index (Phi) is 2.53. The number of imidazole rings is 1. The van der Waals surface area contributed by atoms with E-state index in [1.54, 1.807) is 6.33 Å². The highest BCUT2D eigenvalue weighted by atomic mass is 15.1. The van der Waals surface area contributed by atoms with Gasteiger partial charge in [-0.05, 0) is 12.8 Å². The molecule has 0 spiro atoms. The first-order chi connectivity index (χ1) is 7.16. The Morgan fingerprint density at radius 2 is 2.20 bits per heavy atom. The van der Waals surface area contributed by atoms with E-state index in [-0.39, 0.29) is 0 Å². The number of hydrogen-bond acceptors (Lipinski definition) is 4. The molecule has 0 aliphatic heterocycles. The largest absolute Gasteiger partial charge is 0.368 e. The maximum absolute atomic E-state index is 4.35. The van der Waals surface area contributed by atoms with Crippen LogP contribution in [0.4, 0.5) is 5.82 Å². The molecule has 0 aromatic carbocycles. The minimum absolute atomic E-state index is 0.582. The highest BCUT2D eigenvalue weighted by Gasteiger charge is 2.07. The summed E-state index contributed by atoms with van der Waals surface area (Å²) in [5, 5.41) is 3.29. The molecule has 2 aromatic rings. The minimum Gasteiger partial charge on any atom is -0.368 e. The van der Waals surface area contributed by atoms with Gasteiger partial charge in [-0.25, -0.2) is 15.0 Å². The van der Waals surface area contributed by atoms with Gasteiger partial charge in [0.05, 0.1) is 6.33 Å². The molecule has 2 heterocycles. The quantitative estimate of drug-likeness (QED) is 0.800. The van der Waals surface area contributed by atoms with Crippen LogP contribution >= 0.6 is 0 Å². The number of aryl methyl sites for hydroxylation is 1. The van der Waals surface area contributed by atoms with Crippen LogP contribution in [0.1, 0.15) is 19.7 Å². The predicted octanol–water partition coefficient (Wildman–Crippen LogP) is 1.73. The number of nitrogens with one attached hydrogen (secondary N) is 2. The van der Waals surface area contributed by atoms with Gasteiger partial charge in [0.2, 0.25) is 0 Å². The molecule has 5 nitrogen and oxygen atoms in total. The van der Waals surface area contributed by atoms with Crippen LogP contribution in [0.15, 0.2) is 6.33 Å². The number of rotatable bonds is 3. The SMILES string of the molecule is Cc1nc(NCC(C)C)c2[nH]cnc2n1. The lowest BCUT2D eigenvalue weighted by atomic mass is 10.2. The monoisotopic (exact) mass is 205 g/mol. The molecule has 5 heteroatoms. The van der Waals surface area contributed by atoms with Gasteiger partial charge >= 0.3 is 0 Å². The fourth-order valence-corrected chi connectivity index (χ4v) is 1.37. The molecule has 2 aromatic heterocycles. The van der Waals surface area contributed by atoms with Crippen LogP contribution in [0.2, 0.25) is 0 Å². The second-order valence-corrected chi connectivity index (χ2v) is 4.00. The molecule has 2 rings (SSSR count). The van der Waals surface area contributed by atoms with Crippen LogP contribution in [-0.4, -0.2) is 26.5 Å². The first-order valence-electron chi connectivity index (χ1n) is 5.08. The van der Waals surface area contributed by atoms with E-state index in [4.69, 9.17) is 0 Å². The van der Waals surface area contributed by atoms with Crippen LogP contribution in [0.25, 0.3) is 11.2 Å². The van der Waals surface area contributed by atoms with Gasteiger partial charge in [0.15, 0.2) is 11.5 Å². The van der Waals surface area contributed by atoms with E-state index >= 15 is 0 Å². The van der Waals surface area contributed by atoms with Crippen molar-refractivity contribution < 1.29 is 0 Å². The van der Waals surface area contributed by atoms with Gasteiger partial charge in [-0.2, -0.15) is 0 Å². The van der Waals surface area contributed by atoms with Crippen molar-refractivity contribution in [3.05, 3.63) is 12.2 Å². The number of anilines is 1. The second-order valence-electron chi connectivity index (χ2n) is 4.00. The van der Waals surface area contributed by atoms with Crippen molar-refractivity contribution in [3.63, 3.8) is 0 Å². The predicted molar refractivity (Wildman–Crippen MR) is 59.7 cm³/mol. The molecule has 0 amide bonds. The summed E-state index contributed by atoms with van der Waals surface area (Å²) < 4.78 is 0. The van der Waals surface area contributed by atoms with E-state index in [0.29, 0.717) is 11.6 Å². The zero-order valence-corrected chi connectivity index (χ0v) is 9.20. The van der Waals surface area contributed by atoms with Gasteiger partial charge in [0.25, 0.3) is 0 Å². The number of H-pyrrole nitrogens is 1. The van der Waals surface area contributed by atoms with E-state index in [9.17, 15) is 0 Å². The van der Waals surface area contributed by atoms with Crippen molar-refractivity contribution in [3.8, 4) is 0 Å². The molecular formula is C10H15N5. The molecule has 0 saturated carbocycles. The Hall–Kier alpha value is -1.65. The maximum Gasteiger partial charge on any atom is 0.183 e. The lowest BCUT2D eigenvalue weighted by Gasteiger charge is -2.08. The molecular weight excluding hydrogens is 190 g/mol. The van der Waals surface area contributed by atoms with Crippen molar-refractivity contribution in [2.45, 2.75) is 20.8 Å². The normalized spacial score (nSPS) is 11.2. The molecule has 0 saturated heterocycles. The first kappa shape index (κ1) is 9.89. The van der Waals surface area contributed by atoms with Crippen LogP contribution in [0.3, 0.4) is 0 Å². The Balaban J connectivity index is 2.35. The zero-order valence-electron chi connectivity index (χ0n) is 9.20. The average molecular weight is 205 g/mol. The number of fused-ring (bicyclic) bond motifs is 1. The zero-order chi connectivity index (χ0) is 10.8. The fraction of sp³-hybridized carbons (Fsp3) is 0.500. The number of hydrogen-bond donors (Lipinski definition) is 2. The number of nitrogens with zero attached hydrogens (tertiary/aromatic N) is 3. The maximum atomic E-state index is 4.35. The summed E-state index contributed by atoms with van der Waals surface area (Å²) in [6.07, 6.45) is 1.64. The molecule has 0 radical (unpaired) electrons. The molecule has 0 unspecified atom stereocenters. The lowest BCUT2D eigenvalue weighted by molar-refractivity contribution is 0.687. The lowest BCUT2D eigenvalue weighted by Crippen LogP contribution is -2.10. The Morgan fingerprint density at radius 1 is 1.40 bits per heavy atom. The highest BCUT2D eigenvalue weighted by Crippen LogP contribution is 2.16. The van der Waals surface area contributed by atoms with E-state index in [1.807, 2.05) is 6.92 Å². The van der Waals surface area contributed by atoms with Crippen LogP contribution < -0.4 is 5.32 Å². The average Bonchev–Trinajstić information content (AvgIpc) is 2.61. The summed E-state index contributed by atoms with van der Waals surface area (Å²) in [5.41, 5.74) is 1.59. The van der Waals surface area contributed by atoms with Crippen LogP contribution in [0, 0.1) is 12.8 Å². The molecule has 0 aliphatic rings. The third-order valence-corrected chi connectivity index (χ3v) is 2.08. The smallest absolute Gasteiger partial charge is 0.183 e. The van der Waals surface area contributed by atoms with Crippen LogP contribution in [0.5, 0.6) is 0 Å². The van der Waals surface area contributed by atoms with E-state index in [2.05, 4.69) is 39.1 Å². The molecule has 0 fully saturated rings. The van der Waals surface area contributed by atoms with Gasteiger partial charge in [-0.3, -0.25) is 0 Å². The molecule has 2 N–H and O–H groups in total. The second kappa shape index (κ2) is 3.84. The summed E-state index contributed by atoms with van der Waals surface area (Å²) in [4.78, 5) is 15.7. The standard InChI is InChI=1S/C10H15N5/c1-6(2)4-11-9-8-10(13-5-12-8)15-7(3)14-9/h5-6H,4H2,1-3H3,(H2,11,12,13,14,15). The highest BCUT2D eigenvalue weighted by molar-refractivity contribution is 5.82. The first-order valence-corrected chi connectivity index (χ1v) is 5.08. The van der Waals surface area contributed by atoms with E-state index in [0.717, 1.165) is 23.7 Å². The Labute approximate surface area is 88.4 Å². The van der Waals surface area contributed by atoms with Crippen molar-refractivity contribution in [2.75, 3.05) is 11.9 Å². The number of aromatic amines is 1. The van der Waals surface area contributed by atoms with Crippen LogP contribution in [-0.2, 0) is 0 Å². The van der Waals surface area contributed by atoms with Crippen molar-refractivity contribution >= 4 is 17.0 Å². The van der Waals surface area contributed by atoms with Gasteiger partial charge < -0.3 is 10.3 Å². The molecule has 15 heavy (non-hydrogen) atoms. The van der Waals surface area contributed by atoms with E-state index in [1.165, 1.54) is 0 Å². The summed E-state index contributed by atoms with van der Waals surface area (Å²) >= 11 is 0. The molecule has 0 aliphatic carbocycles. The topological polar surface area (TPSA) is 66.5 Å². The van der Waals surface area contributed by atoms with Crippen molar-refractivity contribution in [2.24, 2.45) is 5.92 Å². The van der Waals surface area contributed by atoms with Gasteiger partial charge in [0, 0.05) is 6.54 Å². The third kappa shape index (κ3) is 2.06. The minimum atomic E-state index is 0.582. The van der Waals surface area contributed by atoms with Gasteiger partial charge in [-0.15, -0.1) is 0 Å². The van der Waals surface area contributed by atoms with Gasteiger partial charge in [0.1, 0.15) is 11.3 Å². The van der Waals surface area contributed by atoms with Crippen molar-refractivity contribution in [1.82, 2.24) is 19.9 Å². The number of aromatic nitrogens is 4. The summed E-state index contributed by atoms with van der Waals surface area (Å²) in [6, 6.07) is 0. The summed E-state index contributed by atoms with van der Waals surface area (Å²) in [6.45, 7) is 7.08. The summed E-state index contributed by atoms with van der Waals surface area (Å²) in [7, 11) is 0. The molecule has 0 atom stereocenters. The van der Waals surface area contributed by atoms with Crippen molar-refractivity contribution in [1.29, 1.82) is 0 Å². The molecule has 0 bridgehead atoms. The Bertz CT molecular complexity index is 460. The van der Waals surface area contributed by atoms with E-state index < -0.39 is 0 Å². The molecule has 80 valence electrons. The van der Waals surface area contributed by atoms with Gasteiger partial charge in [-0.1, -0.05) is 13.8 Å². The fourth-order valence-electron chi connectivity index (χ4n) is 1.37. The Morgan fingerprint density at radius 3 is 2.93 bits per heavy atom. The summed E-state index contributed by atoms with van der Waals surface area (Å²) in [5.74, 6) is 2.16.